The molecule has 2 aromatic rings. The van der Waals surface area contributed by atoms with Crippen LogP contribution in [-0.2, 0) is 20.9 Å². The molecule has 2 aliphatic heterocycles. The Labute approximate surface area is 174 Å². The molecule has 2 amide bonds. The van der Waals surface area contributed by atoms with Gasteiger partial charge in [-0.15, -0.1) is 0 Å². The molecule has 0 spiro atoms. The average molecular weight is 413 g/mol. The van der Waals surface area contributed by atoms with Gasteiger partial charge in [-0.1, -0.05) is 24.3 Å². The Morgan fingerprint density at radius 1 is 1.23 bits per heavy atom. The number of hydroxylamine groups is 2. The molecule has 4 rings (SSSR count). The largest absolute Gasteiger partial charge is 0.442 e. The molecule has 1 atom stereocenters. The van der Waals surface area contributed by atoms with E-state index in [0.717, 1.165) is 30.7 Å². The molecule has 1 N–H and O–H groups in total. The van der Waals surface area contributed by atoms with Gasteiger partial charge < -0.3 is 10.1 Å². The maximum atomic E-state index is 14.8. The summed E-state index contributed by atoms with van der Waals surface area (Å²) in [5.74, 6) is -0.611. The Morgan fingerprint density at radius 2 is 2.03 bits per heavy atom. The minimum atomic E-state index is -0.550. The van der Waals surface area contributed by atoms with Crippen LogP contribution in [0.1, 0.15) is 18.9 Å². The fourth-order valence-corrected chi connectivity index (χ4v) is 3.62. The van der Waals surface area contributed by atoms with Gasteiger partial charge in [-0.3, -0.25) is 14.5 Å². The van der Waals surface area contributed by atoms with Crippen molar-refractivity contribution in [3.8, 4) is 11.1 Å². The first-order valence-corrected chi connectivity index (χ1v) is 9.99. The van der Waals surface area contributed by atoms with Crippen LogP contribution in [0.3, 0.4) is 0 Å². The zero-order valence-electron chi connectivity index (χ0n) is 16.8. The Balaban J connectivity index is 1.44. The van der Waals surface area contributed by atoms with Crippen LogP contribution in [0.4, 0.5) is 14.9 Å². The van der Waals surface area contributed by atoms with Crippen LogP contribution >= 0.6 is 0 Å². The number of carbonyl (C=O) groups is 2. The number of cyclic esters (lactones) is 1. The first-order chi connectivity index (χ1) is 14.5. The molecule has 0 radical (unpaired) electrons. The van der Waals surface area contributed by atoms with E-state index in [-0.39, 0.29) is 19.0 Å². The lowest BCUT2D eigenvalue weighted by molar-refractivity contribution is -0.119. The zero-order chi connectivity index (χ0) is 21.1. The number of benzene rings is 2. The van der Waals surface area contributed by atoms with Gasteiger partial charge >= 0.3 is 6.09 Å². The maximum Gasteiger partial charge on any atom is 0.414 e. The van der Waals surface area contributed by atoms with Crippen LogP contribution in [0.15, 0.2) is 42.5 Å². The van der Waals surface area contributed by atoms with Gasteiger partial charge in [-0.05, 0) is 35.7 Å². The molecule has 0 unspecified atom stereocenters. The SMILES string of the molecule is CC(=O)NC[C@H]1CN(c2ccc(-c3ccc(CN4CCCO4)cc3)c(F)c2)C(=O)O1. The van der Waals surface area contributed by atoms with E-state index in [1.165, 1.54) is 17.9 Å². The first kappa shape index (κ1) is 20.3. The van der Waals surface area contributed by atoms with Crippen LogP contribution in [0, 0.1) is 5.82 Å². The number of nitrogens with zero attached hydrogens (tertiary/aromatic N) is 2. The van der Waals surface area contributed by atoms with Gasteiger partial charge in [0.2, 0.25) is 5.91 Å². The van der Waals surface area contributed by atoms with E-state index in [2.05, 4.69) is 5.32 Å². The van der Waals surface area contributed by atoms with Crippen molar-refractivity contribution in [1.29, 1.82) is 0 Å². The van der Waals surface area contributed by atoms with Crippen molar-refractivity contribution >= 4 is 17.7 Å². The van der Waals surface area contributed by atoms with Gasteiger partial charge in [-0.2, -0.15) is 5.06 Å². The third-order valence-electron chi connectivity index (χ3n) is 5.17. The number of halogens is 1. The van der Waals surface area contributed by atoms with Crippen molar-refractivity contribution in [2.24, 2.45) is 0 Å². The topological polar surface area (TPSA) is 71.1 Å². The van der Waals surface area contributed by atoms with E-state index < -0.39 is 18.0 Å². The number of rotatable bonds is 6. The fraction of sp³-hybridized carbons (Fsp3) is 0.364. The summed E-state index contributed by atoms with van der Waals surface area (Å²) in [7, 11) is 0. The molecule has 2 aliphatic rings. The third kappa shape index (κ3) is 4.60. The summed E-state index contributed by atoms with van der Waals surface area (Å²) in [6.07, 6.45) is 0.0241. The van der Waals surface area contributed by atoms with Gasteiger partial charge in [-0.25, -0.2) is 9.18 Å². The molecule has 2 fully saturated rings. The normalized spacial score (nSPS) is 19.2. The van der Waals surface area contributed by atoms with E-state index in [4.69, 9.17) is 9.57 Å². The third-order valence-corrected chi connectivity index (χ3v) is 5.17. The van der Waals surface area contributed by atoms with Gasteiger partial charge in [0.1, 0.15) is 11.9 Å². The Kier molecular flexibility index (Phi) is 5.96. The van der Waals surface area contributed by atoms with Crippen LogP contribution < -0.4 is 10.2 Å². The van der Waals surface area contributed by atoms with Crippen LogP contribution in [-0.4, -0.2) is 49.4 Å². The highest BCUT2D eigenvalue weighted by atomic mass is 19.1. The summed E-state index contributed by atoms with van der Waals surface area (Å²) >= 11 is 0. The summed E-state index contributed by atoms with van der Waals surface area (Å²) in [5.41, 5.74) is 2.75. The van der Waals surface area contributed by atoms with Crippen molar-refractivity contribution in [3.05, 3.63) is 53.8 Å². The number of hydrogen-bond donors (Lipinski definition) is 1. The van der Waals surface area contributed by atoms with E-state index in [1.54, 1.807) is 12.1 Å². The second kappa shape index (κ2) is 8.81. The monoisotopic (exact) mass is 413 g/mol. The van der Waals surface area contributed by atoms with Gasteiger partial charge in [0, 0.05) is 25.6 Å². The number of hydrogen-bond acceptors (Lipinski definition) is 5. The fourth-order valence-electron chi connectivity index (χ4n) is 3.62. The molecule has 30 heavy (non-hydrogen) atoms. The minimum Gasteiger partial charge on any atom is -0.442 e. The average Bonchev–Trinajstić information content (AvgIpc) is 3.36. The first-order valence-electron chi connectivity index (χ1n) is 9.99. The van der Waals surface area contributed by atoms with Crippen molar-refractivity contribution in [2.75, 3.05) is 31.1 Å². The Bertz CT molecular complexity index is 928. The lowest BCUT2D eigenvalue weighted by Gasteiger charge is -2.15. The molecule has 2 heterocycles. The molecule has 0 aliphatic carbocycles. The smallest absolute Gasteiger partial charge is 0.414 e. The summed E-state index contributed by atoms with van der Waals surface area (Å²) in [6, 6.07) is 12.4. The highest BCUT2D eigenvalue weighted by molar-refractivity contribution is 5.90. The molecule has 8 heteroatoms. The molecule has 7 nitrogen and oxygen atoms in total. The second-order valence-corrected chi connectivity index (χ2v) is 7.46. The molecule has 0 bridgehead atoms. The van der Waals surface area contributed by atoms with Gasteiger partial charge in [0.05, 0.1) is 25.4 Å². The predicted octanol–water partition coefficient (Wildman–Crippen LogP) is 3.09. The van der Waals surface area contributed by atoms with Crippen molar-refractivity contribution in [1.82, 2.24) is 10.4 Å². The summed E-state index contributed by atoms with van der Waals surface area (Å²) in [5, 5.41) is 4.55. The Morgan fingerprint density at radius 3 is 2.70 bits per heavy atom. The van der Waals surface area contributed by atoms with E-state index >= 15 is 0 Å². The standard InChI is InChI=1S/C22H24FN3O4/c1-15(27)24-12-19-14-26(22(28)30-19)18-7-8-20(21(23)11-18)17-5-3-16(4-6-17)13-25-9-2-10-29-25/h3-8,11,19H,2,9-10,12-14H2,1H3,(H,24,27)/t19-/m0/s1. The molecule has 2 saturated heterocycles. The zero-order valence-corrected chi connectivity index (χ0v) is 16.8. The van der Waals surface area contributed by atoms with Crippen LogP contribution in [0.5, 0.6) is 0 Å². The molecule has 0 saturated carbocycles. The number of amides is 2. The van der Waals surface area contributed by atoms with E-state index in [0.29, 0.717) is 17.8 Å². The quantitative estimate of drug-likeness (QED) is 0.788. The molecular formula is C22H24FN3O4. The molecule has 2 aromatic carbocycles. The van der Waals surface area contributed by atoms with Crippen LogP contribution in [0.25, 0.3) is 11.1 Å². The number of anilines is 1. The maximum absolute atomic E-state index is 14.8. The van der Waals surface area contributed by atoms with Crippen molar-refractivity contribution in [3.63, 3.8) is 0 Å². The molecule has 0 aromatic heterocycles. The van der Waals surface area contributed by atoms with Crippen molar-refractivity contribution in [2.45, 2.75) is 26.0 Å². The predicted molar refractivity (Wildman–Crippen MR) is 109 cm³/mol. The summed E-state index contributed by atoms with van der Waals surface area (Å²) < 4.78 is 20.1. The molecular weight excluding hydrogens is 389 g/mol. The highest BCUT2D eigenvalue weighted by Gasteiger charge is 2.32. The number of carbonyl (C=O) groups excluding carboxylic acids is 2. The second-order valence-electron chi connectivity index (χ2n) is 7.46. The van der Waals surface area contributed by atoms with Gasteiger partial charge in [0.25, 0.3) is 0 Å². The lowest BCUT2D eigenvalue weighted by Crippen LogP contribution is -2.33. The van der Waals surface area contributed by atoms with E-state index in [9.17, 15) is 14.0 Å². The highest BCUT2D eigenvalue weighted by Crippen LogP contribution is 2.29. The van der Waals surface area contributed by atoms with Gasteiger partial charge in [0.15, 0.2) is 0 Å². The summed E-state index contributed by atoms with van der Waals surface area (Å²) in [4.78, 5) is 30.0. The minimum absolute atomic E-state index is 0.195. The molecule has 158 valence electrons. The van der Waals surface area contributed by atoms with E-state index in [1.807, 2.05) is 29.3 Å². The summed E-state index contributed by atoms with van der Waals surface area (Å²) in [6.45, 7) is 4.27. The number of ether oxygens (including phenoxy) is 1. The number of nitrogens with one attached hydrogen (secondary N) is 1. The van der Waals surface area contributed by atoms with Crippen LogP contribution in [0.2, 0.25) is 0 Å². The lowest BCUT2D eigenvalue weighted by atomic mass is 10.0. The Hall–Kier alpha value is -2.97. The van der Waals surface area contributed by atoms with Crippen molar-refractivity contribution < 1.29 is 23.6 Å².